The van der Waals surface area contributed by atoms with E-state index in [4.69, 9.17) is 5.26 Å². The Kier molecular flexibility index (Phi) is 3.40. The maximum Gasteiger partial charge on any atom is 0.116 e. The van der Waals surface area contributed by atoms with E-state index in [1.807, 2.05) is 49.4 Å². The molecule has 2 heterocycles. The molecule has 0 radical (unpaired) electrons. The number of pyridine rings is 1. The van der Waals surface area contributed by atoms with Crippen LogP contribution in [-0.2, 0) is 0 Å². The minimum atomic E-state index is 0.628. The molecule has 0 bridgehead atoms. The summed E-state index contributed by atoms with van der Waals surface area (Å²) in [7, 11) is 0. The van der Waals surface area contributed by atoms with E-state index in [1.165, 1.54) is 6.33 Å². The first-order valence-electron chi connectivity index (χ1n) is 6.52. The molecule has 1 aromatic carbocycles. The summed E-state index contributed by atoms with van der Waals surface area (Å²) in [4.78, 5) is 12.9. The van der Waals surface area contributed by atoms with Gasteiger partial charge in [0, 0.05) is 11.8 Å². The zero-order valence-corrected chi connectivity index (χ0v) is 11.5. The van der Waals surface area contributed by atoms with Crippen LogP contribution in [-0.4, -0.2) is 15.0 Å². The molecule has 0 saturated carbocycles. The van der Waals surface area contributed by atoms with Gasteiger partial charge in [-0.2, -0.15) is 5.26 Å². The maximum absolute atomic E-state index is 9.07. The van der Waals surface area contributed by atoms with Gasteiger partial charge in [0.1, 0.15) is 6.33 Å². The Labute approximate surface area is 122 Å². The van der Waals surface area contributed by atoms with Gasteiger partial charge in [-0.1, -0.05) is 6.07 Å². The van der Waals surface area contributed by atoms with Crippen LogP contribution in [0.15, 0.2) is 55.0 Å². The van der Waals surface area contributed by atoms with Gasteiger partial charge in [-0.3, -0.25) is 4.98 Å². The second-order valence-electron chi connectivity index (χ2n) is 4.70. The molecule has 3 rings (SSSR count). The SMILES string of the molecule is Cc1cc(C#N)cc(-c2cc(-c3ccccn3)ncn2)c1. The molecule has 0 unspecified atom stereocenters. The van der Waals surface area contributed by atoms with E-state index in [2.05, 4.69) is 21.0 Å². The molecule has 0 atom stereocenters. The van der Waals surface area contributed by atoms with Crippen molar-refractivity contribution in [2.24, 2.45) is 0 Å². The molecule has 0 N–H and O–H groups in total. The zero-order valence-electron chi connectivity index (χ0n) is 11.5. The normalized spacial score (nSPS) is 10.1. The Hall–Kier alpha value is -3.06. The molecule has 4 nitrogen and oxygen atoms in total. The number of benzene rings is 1. The molecule has 0 aliphatic carbocycles. The van der Waals surface area contributed by atoms with Gasteiger partial charge in [0.2, 0.25) is 0 Å². The average molecular weight is 272 g/mol. The highest BCUT2D eigenvalue weighted by molar-refractivity contribution is 5.67. The van der Waals surface area contributed by atoms with E-state index in [0.29, 0.717) is 5.56 Å². The number of aryl methyl sites for hydroxylation is 1. The van der Waals surface area contributed by atoms with Crippen LogP contribution in [0.5, 0.6) is 0 Å². The Morgan fingerprint density at radius 1 is 0.905 bits per heavy atom. The summed E-state index contributed by atoms with van der Waals surface area (Å²) in [6, 6.07) is 15.4. The molecule has 0 fully saturated rings. The highest BCUT2D eigenvalue weighted by atomic mass is 14.9. The third kappa shape index (κ3) is 2.77. The van der Waals surface area contributed by atoms with Crippen molar-refractivity contribution in [3.8, 4) is 28.7 Å². The number of hydrogen-bond donors (Lipinski definition) is 0. The average Bonchev–Trinajstić information content (AvgIpc) is 2.55. The molecule has 0 spiro atoms. The van der Waals surface area contributed by atoms with Crippen molar-refractivity contribution < 1.29 is 0 Å². The summed E-state index contributed by atoms with van der Waals surface area (Å²) in [5.74, 6) is 0. The molecule has 0 saturated heterocycles. The number of nitrogens with zero attached hydrogens (tertiary/aromatic N) is 4. The number of nitriles is 1. The minimum Gasteiger partial charge on any atom is -0.255 e. The minimum absolute atomic E-state index is 0.628. The smallest absolute Gasteiger partial charge is 0.116 e. The van der Waals surface area contributed by atoms with E-state index in [9.17, 15) is 0 Å². The van der Waals surface area contributed by atoms with Crippen LogP contribution < -0.4 is 0 Å². The number of aromatic nitrogens is 3. The van der Waals surface area contributed by atoms with Gasteiger partial charge in [-0.15, -0.1) is 0 Å². The standard InChI is InChI=1S/C17H12N4/c1-12-6-13(10-18)8-14(7-12)16-9-17(21-11-20-16)15-4-2-3-5-19-15/h2-9,11H,1H3. The first-order valence-corrected chi connectivity index (χ1v) is 6.52. The van der Waals surface area contributed by atoms with Crippen molar-refractivity contribution in [2.75, 3.05) is 0 Å². The fourth-order valence-electron chi connectivity index (χ4n) is 2.17. The summed E-state index contributed by atoms with van der Waals surface area (Å²) in [5.41, 5.74) is 4.91. The summed E-state index contributed by atoms with van der Waals surface area (Å²) in [6.07, 6.45) is 3.26. The van der Waals surface area contributed by atoms with Gasteiger partial charge in [-0.05, 0) is 48.9 Å². The van der Waals surface area contributed by atoms with Crippen LogP contribution in [0.4, 0.5) is 0 Å². The first-order chi connectivity index (χ1) is 10.3. The van der Waals surface area contributed by atoms with Gasteiger partial charge in [0.15, 0.2) is 0 Å². The number of hydrogen-bond acceptors (Lipinski definition) is 4. The van der Waals surface area contributed by atoms with Crippen LogP contribution in [0.25, 0.3) is 22.6 Å². The monoisotopic (exact) mass is 272 g/mol. The lowest BCUT2D eigenvalue weighted by Gasteiger charge is -2.05. The highest BCUT2D eigenvalue weighted by Gasteiger charge is 2.06. The van der Waals surface area contributed by atoms with Crippen molar-refractivity contribution >= 4 is 0 Å². The largest absolute Gasteiger partial charge is 0.255 e. The third-order valence-corrected chi connectivity index (χ3v) is 3.10. The van der Waals surface area contributed by atoms with Crippen molar-refractivity contribution in [1.82, 2.24) is 15.0 Å². The predicted octanol–water partition coefficient (Wildman–Crippen LogP) is 3.39. The Morgan fingerprint density at radius 3 is 2.52 bits per heavy atom. The second-order valence-corrected chi connectivity index (χ2v) is 4.70. The summed E-state index contributed by atoms with van der Waals surface area (Å²) in [5, 5.41) is 9.07. The molecule has 0 aliphatic heterocycles. The topological polar surface area (TPSA) is 62.5 Å². The molecule has 100 valence electrons. The van der Waals surface area contributed by atoms with Crippen molar-refractivity contribution in [3.05, 3.63) is 66.1 Å². The van der Waals surface area contributed by atoms with Gasteiger partial charge in [0.25, 0.3) is 0 Å². The third-order valence-electron chi connectivity index (χ3n) is 3.10. The van der Waals surface area contributed by atoms with Crippen LogP contribution in [0.1, 0.15) is 11.1 Å². The Bertz CT molecular complexity index is 820. The van der Waals surface area contributed by atoms with Gasteiger partial charge in [-0.25, -0.2) is 9.97 Å². The fourth-order valence-corrected chi connectivity index (χ4v) is 2.17. The molecule has 0 amide bonds. The molecular formula is C17H12N4. The number of rotatable bonds is 2. The van der Waals surface area contributed by atoms with E-state index in [-0.39, 0.29) is 0 Å². The van der Waals surface area contributed by atoms with E-state index in [0.717, 1.165) is 28.2 Å². The molecule has 2 aromatic heterocycles. The Morgan fingerprint density at radius 2 is 1.76 bits per heavy atom. The maximum atomic E-state index is 9.07. The predicted molar refractivity (Wildman–Crippen MR) is 80.2 cm³/mol. The van der Waals surface area contributed by atoms with Crippen molar-refractivity contribution in [1.29, 1.82) is 5.26 Å². The summed E-state index contributed by atoms with van der Waals surface area (Å²) in [6.45, 7) is 1.96. The lowest BCUT2D eigenvalue weighted by Crippen LogP contribution is -1.92. The van der Waals surface area contributed by atoms with Gasteiger partial charge >= 0.3 is 0 Å². The summed E-state index contributed by atoms with van der Waals surface area (Å²) < 4.78 is 0. The van der Waals surface area contributed by atoms with Gasteiger partial charge < -0.3 is 0 Å². The molecular weight excluding hydrogens is 260 g/mol. The quantitative estimate of drug-likeness (QED) is 0.717. The first kappa shape index (κ1) is 12.9. The van der Waals surface area contributed by atoms with Gasteiger partial charge in [0.05, 0.1) is 28.7 Å². The van der Waals surface area contributed by atoms with Crippen molar-refractivity contribution in [2.45, 2.75) is 6.92 Å². The molecule has 3 aromatic rings. The zero-order chi connectivity index (χ0) is 14.7. The molecule has 0 aliphatic rings. The fraction of sp³-hybridized carbons (Fsp3) is 0.0588. The van der Waals surface area contributed by atoms with Crippen LogP contribution in [0, 0.1) is 18.3 Å². The summed E-state index contributed by atoms with van der Waals surface area (Å²) >= 11 is 0. The van der Waals surface area contributed by atoms with Crippen LogP contribution in [0.2, 0.25) is 0 Å². The molecule has 21 heavy (non-hydrogen) atoms. The van der Waals surface area contributed by atoms with E-state index < -0.39 is 0 Å². The van der Waals surface area contributed by atoms with Crippen molar-refractivity contribution in [3.63, 3.8) is 0 Å². The Balaban J connectivity index is 2.09. The van der Waals surface area contributed by atoms with Crippen LogP contribution in [0.3, 0.4) is 0 Å². The van der Waals surface area contributed by atoms with E-state index in [1.54, 1.807) is 6.20 Å². The van der Waals surface area contributed by atoms with Crippen LogP contribution >= 0.6 is 0 Å². The lowest BCUT2D eigenvalue weighted by atomic mass is 10.0. The van der Waals surface area contributed by atoms with E-state index >= 15 is 0 Å². The highest BCUT2D eigenvalue weighted by Crippen LogP contribution is 2.23. The second kappa shape index (κ2) is 5.51. The lowest BCUT2D eigenvalue weighted by molar-refractivity contribution is 1.15. The molecule has 4 heteroatoms.